The second-order valence-electron chi connectivity index (χ2n) is 7.49. The standard InChI is InChI=1S/C22H23N5OS/c1-15-24-27(21(23)28)25-26(15)20-10-8-19(9-11-20)22(2,3)18-6-4-16(5-7-18)17-12-13-29-14-17/h4-14,25H,1-3H3,(H2,23,28). The quantitative estimate of drug-likeness (QED) is 0.661. The molecule has 0 fully saturated rings. The summed E-state index contributed by atoms with van der Waals surface area (Å²) in [6.45, 7) is 6.25. The largest absolute Gasteiger partial charge is 0.352 e. The molecular formula is C22H23N5OS. The van der Waals surface area contributed by atoms with E-state index >= 15 is 0 Å². The lowest BCUT2D eigenvalue weighted by Crippen LogP contribution is -2.47. The van der Waals surface area contributed by atoms with E-state index in [1.165, 1.54) is 22.3 Å². The Kier molecular flexibility index (Phi) is 4.86. The SMILES string of the molecule is CC1=NN(C(N)=O)NN1c1ccc(C(C)(C)c2ccc(-c3ccsc3)cc2)cc1. The van der Waals surface area contributed by atoms with Crippen LogP contribution in [0, 0.1) is 0 Å². The van der Waals surface area contributed by atoms with Gasteiger partial charge in [0.15, 0.2) is 0 Å². The number of amides is 2. The Hall–Kier alpha value is -3.16. The Morgan fingerprint density at radius 2 is 1.62 bits per heavy atom. The Labute approximate surface area is 174 Å². The van der Waals surface area contributed by atoms with Gasteiger partial charge >= 0.3 is 6.03 Å². The second-order valence-corrected chi connectivity index (χ2v) is 8.27. The van der Waals surface area contributed by atoms with Crippen LogP contribution in [0.3, 0.4) is 0 Å². The van der Waals surface area contributed by atoms with Gasteiger partial charge in [0, 0.05) is 5.41 Å². The molecule has 6 nitrogen and oxygen atoms in total. The van der Waals surface area contributed by atoms with Crippen molar-refractivity contribution in [2.45, 2.75) is 26.2 Å². The number of urea groups is 1. The molecule has 0 saturated carbocycles. The molecule has 0 bridgehead atoms. The summed E-state index contributed by atoms with van der Waals surface area (Å²) >= 11 is 1.71. The number of anilines is 1. The van der Waals surface area contributed by atoms with Crippen molar-refractivity contribution in [3.8, 4) is 11.1 Å². The van der Waals surface area contributed by atoms with Gasteiger partial charge in [-0.05, 0) is 58.1 Å². The van der Waals surface area contributed by atoms with E-state index in [1.54, 1.807) is 16.3 Å². The maximum Gasteiger partial charge on any atom is 0.352 e. The molecule has 7 heteroatoms. The van der Waals surface area contributed by atoms with Crippen molar-refractivity contribution in [1.82, 2.24) is 10.7 Å². The second kappa shape index (κ2) is 7.35. The highest BCUT2D eigenvalue weighted by molar-refractivity contribution is 7.08. The van der Waals surface area contributed by atoms with Gasteiger partial charge in [-0.2, -0.15) is 11.3 Å². The van der Waals surface area contributed by atoms with Gasteiger partial charge in [0.05, 0.1) is 5.69 Å². The highest BCUT2D eigenvalue weighted by Gasteiger charge is 2.26. The van der Waals surface area contributed by atoms with Crippen LogP contribution < -0.4 is 16.3 Å². The van der Waals surface area contributed by atoms with Gasteiger partial charge in [0.1, 0.15) is 5.84 Å². The van der Waals surface area contributed by atoms with E-state index in [-0.39, 0.29) is 5.41 Å². The fraction of sp³-hybridized carbons (Fsp3) is 0.182. The molecular weight excluding hydrogens is 382 g/mol. The van der Waals surface area contributed by atoms with E-state index in [1.807, 2.05) is 19.1 Å². The molecule has 0 radical (unpaired) electrons. The predicted octanol–water partition coefficient (Wildman–Crippen LogP) is 4.69. The minimum atomic E-state index is -0.657. The van der Waals surface area contributed by atoms with Crippen LogP contribution in [0.5, 0.6) is 0 Å². The van der Waals surface area contributed by atoms with E-state index in [0.29, 0.717) is 5.84 Å². The molecule has 0 atom stereocenters. The number of rotatable bonds is 4. The molecule has 0 saturated heterocycles. The number of hydrogen-bond donors (Lipinski definition) is 2. The maximum atomic E-state index is 11.3. The van der Waals surface area contributed by atoms with Crippen molar-refractivity contribution >= 4 is 28.9 Å². The summed E-state index contributed by atoms with van der Waals surface area (Å²) in [5, 5.41) is 11.1. The zero-order valence-corrected chi connectivity index (χ0v) is 17.4. The van der Waals surface area contributed by atoms with Gasteiger partial charge < -0.3 is 5.73 Å². The number of carbonyl (C=O) groups excluding carboxylic acids is 1. The Balaban J connectivity index is 1.55. The van der Waals surface area contributed by atoms with Crippen LogP contribution in [0.1, 0.15) is 31.9 Å². The molecule has 3 aromatic rings. The van der Waals surface area contributed by atoms with Gasteiger partial charge in [-0.25, -0.2) is 9.80 Å². The number of hydrazine groups is 2. The third kappa shape index (κ3) is 3.62. The molecule has 3 N–H and O–H groups in total. The van der Waals surface area contributed by atoms with Crippen molar-refractivity contribution in [1.29, 1.82) is 0 Å². The Morgan fingerprint density at radius 3 is 2.14 bits per heavy atom. The summed E-state index contributed by atoms with van der Waals surface area (Å²) in [6, 6.07) is 18.5. The lowest BCUT2D eigenvalue weighted by molar-refractivity contribution is 0.192. The number of primary amides is 1. The fourth-order valence-electron chi connectivity index (χ4n) is 3.42. The number of thiophene rings is 1. The molecule has 4 rings (SSSR count). The first-order valence-corrected chi connectivity index (χ1v) is 10.3. The number of nitrogens with zero attached hydrogens (tertiary/aromatic N) is 3. The van der Waals surface area contributed by atoms with E-state index in [2.05, 4.69) is 77.7 Å². The summed E-state index contributed by atoms with van der Waals surface area (Å²) in [5.74, 6) is 0.639. The Bertz CT molecular complexity index is 1040. The van der Waals surface area contributed by atoms with Crippen LogP contribution in [-0.2, 0) is 5.41 Å². The van der Waals surface area contributed by atoms with Gasteiger partial charge in [0.25, 0.3) is 0 Å². The molecule has 0 spiro atoms. The smallest absolute Gasteiger partial charge is 0.349 e. The molecule has 2 aromatic carbocycles. The average molecular weight is 406 g/mol. The molecule has 148 valence electrons. The summed E-state index contributed by atoms with van der Waals surface area (Å²) in [5.41, 5.74) is 13.8. The van der Waals surface area contributed by atoms with E-state index in [9.17, 15) is 4.79 Å². The number of amidine groups is 1. The minimum Gasteiger partial charge on any atom is -0.349 e. The number of nitrogens with one attached hydrogen (secondary N) is 1. The Morgan fingerprint density at radius 1 is 1.00 bits per heavy atom. The summed E-state index contributed by atoms with van der Waals surface area (Å²) in [7, 11) is 0. The van der Waals surface area contributed by atoms with Crippen LogP contribution in [0.2, 0.25) is 0 Å². The monoisotopic (exact) mass is 405 g/mol. The topological polar surface area (TPSA) is 74.0 Å². The van der Waals surface area contributed by atoms with Crippen molar-refractivity contribution in [3.05, 3.63) is 76.5 Å². The third-order valence-corrected chi connectivity index (χ3v) is 5.96. The summed E-state index contributed by atoms with van der Waals surface area (Å²) < 4.78 is 0. The van der Waals surface area contributed by atoms with E-state index in [4.69, 9.17) is 5.73 Å². The van der Waals surface area contributed by atoms with E-state index < -0.39 is 6.03 Å². The number of hydrogen-bond acceptors (Lipinski definition) is 5. The molecule has 0 aliphatic carbocycles. The first-order chi connectivity index (χ1) is 13.9. The normalized spacial score (nSPS) is 14.2. The van der Waals surface area contributed by atoms with E-state index in [0.717, 1.165) is 10.8 Å². The first-order valence-electron chi connectivity index (χ1n) is 9.31. The lowest BCUT2D eigenvalue weighted by atomic mass is 9.78. The van der Waals surface area contributed by atoms with Crippen LogP contribution in [0.15, 0.2) is 70.5 Å². The molecule has 1 aliphatic heterocycles. The first kappa shape index (κ1) is 19.2. The zero-order chi connectivity index (χ0) is 20.6. The fourth-order valence-corrected chi connectivity index (χ4v) is 4.09. The summed E-state index contributed by atoms with van der Waals surface area (Å²) in [6.07, 6.45) is 0. The molecule has 29 heavy (non-hydrogen) atoms. The van der Waals surface area contributed by atoms with Crippen LogP contribution in [0.25, 0.3) is 11.1 Å². The molecule has 2 heterocycles. The van der Waals surface area contributed by atoms with Crippen molar-refractivity contribution in [3.63, 3.8) is 0 Å². The van der Waals surface area contributed by atoms with Crippen molar-refractivity contribution in [2.24, 2.45) is 10.8 Å². The van der Waals surface area contributed by atoms with Crippen LogP contribution >= 0.6 is 11.3 Å². The molecule has 1 aliphatic rings. The van der Waals surface area contributed by atoms with Crippen LogP contribution in [0.4, 0.5) is 10.5 Å². The summed E-state index contributed by atoms with van der Waals surface area (Å²) in [4.78, 5) is 11.3. The highest BCUT2D eigenvalue weighted by Crippen LogP contribution is 2.34. The molecule has 2 amide bonds. The number of benzene rings is 2. The molecule has 1 aromatic heterocycles. The zero-order valence-electron chi connectivity index (χ0n) is 16.6. The number of nitrogens with two attached hydrogens (primary N) is 1. The van der Waals surface area contributed by atoms with Gasteiger partial charge in [-0.3, -0.25) is 0 Å². The van der Waals surface area contributed by atoms with Crippen molar-refractivity contribution in [2.75, 3.05) is 5.01 Å². The van der Waals surface area contributed by atoms with Crippen LogP contribution in [-0.4, -0.2) is 17.0 Å². The number of hydrazone groups is 1. The predicted molar refractivity (Wildman–Crippen MR) is 118 cm³/mol. The number of carbonyl (C=O) groups is 1. The van der Waals surface area contributed by atoms with Gasteiger partial charge in [0.2, 0.25) is 0 Å². The molecule has 0 unspecified atom stereocenters. The minimum absolute atomic E-state index is 0.146. The van der Waals surface area contributed by atoms with Gasteiger partial charge in [-0.1, -0.05) is 50.2 Å². The van der Waals surface area contributed by atoms with Crippen molar-refractivity contribution < 1.29 is 4.79 Å². The maximum absolute atomic E-state index is 11.3. The highest BCUT2D eigenvalue weighted by atomic mass is 32.1. The lowest BCUT2D eigenvalue weighted by Gasteiger charge is -2.27. The van der Waals surface area contributed by atoms with Gasteiger partial charge in [-0.15, -0.1) is 15.8 Å². The third-order valence-electron chi connectivity index (χ3n) is 5.28. The average Bonchev–Trinajstić information content (AvgIpc) is 3.38.